The minimum atomic E-state index is -0.308. The first kappa shape index (κ1) is 14.2. The third-order valence-electron chi connectivity index (χ3n) is 2.71. The van der Waals surface area contributed by atoms with Gasteiger partial charge in [-0.2, -0.15) is 0 Å². The molecule has 94 valence electrons. The standard InChI is InChI=1S/C14H20ClNO/c1-3-4-9-16(2)11-13-7-5-12(6-8-13)10-14(15)17/h5-8H,3-4,9-11H2,1-2H3. The van der Waals surface area contributed by atoms with Crippen molar-refractivity contribution >= 4 is 16.8 Å². The first-order valence-corrected chi connectivity index (χ1v) is 6.44. The van der Waals surface area contributed by atoms with Crippen LogP contribution in [0.4, 0.5) is 0 Å². The van der Waals surface area contributed by atoms with Crippen molar-refractivity contribution in [3.05, 3.63) is 35.4 Å². The van der Waals surface area contributed by atoms with E-state index in [2.05, 4.69) is 31.0 Å². The maximum absolute atomic E-state index is 10.8. The molecule has 0 aliphatic rings. The van der Waals surface area contributed by atoms with Gasteiger partial charge in [-0.1, -0.05) is 37.6 Å². The molecule has 0 heterocycles. The van der Waals surface area contributed by atoms with Crippen molar-refractivity contribution in [3.8, 4) is 0 Å². The maximum Gasteiger partial charge on any atom is 0.226 e. The lowest BCUT2D eigenvalue weighted by Crippen LogP contribution is -2.18. The summed E-state index contributed by atoms with van der Waals surface area (Å²) in [6.07, 6.45) is 2.77. The molecule has 2 nitrogen and oxygen atoms in total. The largest absolute Gasteiger partial charge is 0.302 e. The van der Waals surface area contributed by atoms with Gasteiger partial charge >= 0.3 is 0 Å². The van der Waals surface area contributed by atoms with Gasteiger partial charge in [-0.15, -0.1) is 0 Å². The van der Waals surface area contributed by atoms with Crippen LogP contribution >= 0.6 is 11.6 Å². The van der Waals surface area contributed by atoms with Crippen LogP contribution in [0.5, 0.6) is 0 Å². The van der Waals surface area contributed by atoms with E-state index >= 15 is 0 Å². The van der Waals surface area contributed by atoms with Crippen LogP contribution < -0.4 is 0 Å². The number of benzene rings is 1. The summed E-state index contributed by atoms with van der Waals surface area (Å²) in [4.78, 5) is 13.1. The summed E-state index contributed by atoms with van der Waals surface area (Å²) >= 11 is 5.35. The van der Waals surface area contributed by atoms with E-state index in [9.17, 15) is 4.79 Å². The number of halogens is 1. The normalized spacial score (nSPS) is 10.8. The fourth-order valence-electron chi connectivity index (χ4n) is 1.74. The molecule has 0 amide bonds. The Kier molecular flexibility index (Phi) is 6.23. The highest BCUT2D eigenvalue weighted by Gasteiger charge is 2.02. The van der Waals surface area contributed by atoms with Gasteiger partial charge in [-0.3, -0.25) is 4.79 Å². The van der Waals surface area contributed by atoms with Crippen molar-refractivity contribution in [3.63, 3.8) is 0 Å². The summed E-state index contributed by atoms with van der Waals surface area (Å²) in [7, 11) is 2.13. The molecule has 0 radical (unpaired) electrons. The average molecular weight is 254 g/mol. The van der Waals surface area contributed by atoms with E-state index < -0.39 is 0 Å². The molecule has 0 spiro atoms. The second-order valence-electron chi connectivity index (χ2n) is 4.44. The minimum absolute atomic E-state index is 0.308. The molecule has 3 heteroatoms. The Bertz CT molecular complexity index is 348. The smallest absolute Gasteiger partial charge is 0.226 e. The summed E-state index contributed by atoms with van der Waals surface area (Å²) in [5, 5.41) is -0.308. The van der Waals surface area contributed by atoms with Crippen LogP contribution in [-0.4, -0.2) is 23.7 Å². The van der Waals surface area contributed by atoms with Crippen molar-refractivity contribution in [2.45, 2.75) is 32.7 Å². The first-order chi connectivity index (χ1) is 8.11. The summed E-state index contributed by atoms with van der Waals surface area (Å²) < 4.78 is 0. The van der Waals surface area contributed by atoms with Crippen LogP contribution in [0.2, 0.25) is 0 Å². The van der Waals surface area contributed by atoms with E-state index in [1.54, 1.807) is 0 Å². The third kappa shape index (κ3) is 5.85. The van der Waals surface area contributed by atoms with Gasteiger partial charge in [0.1, 0.15) is 0 Å². The second-order valence-corrected chi connectivity index (χ2v) is 4.86. The molecule has 0 N–H and O–H groups in total. The monoisotopic (exact) mass is 253 g/mol. The van der Waals surface area contributed by atoms with Gasteiger partial charge in [0.25, 0.3) is 0 Å². The lowest BCUT2D eigenvalue weighted by molar-refractivity contribution is -0.111. The van der Waals surface area contributed by atoms with E-state index in [1.807, 2.05) is 12.1 Å². The van der Waals surface area contributed by atoms with Crippen LogP contribution in [0, 0.1) is 0 Å². The minimum Gasteiger partial charge on any atom is -0.302 e. The fourth-order valence-corrected chi connectivity index (χ4v) is 1.90. The topological polar surface area (TPSA) is 20.3 Å². The van der Waals surface area contributed by atoms with Crippen LogP contribution in [0.15, 0.2) is 24.3 Å². The van der Waals surface area contributed by atoms with Gasteiger partial charge in [0.05, 0.1) is 0 Å². The van der Waals surface area contributed by atoms with Crippen molar-refractivity contribution < 1.29 is 4.79 Å². The molecule has 1 rings (SSSR count). The van der Waals surface area contributed by atoms with E-state index in [0.29, 0.717) is 6.42 Å². The van der Waals surface area contributed by atoms with Gasteiger partial charge < -0.3 is 4.90 Å². The quantitative estimate of drug-likeness (QED) is 0.696. The Morgan fingerprint density at radius 3 is 2.35 bits per heavy atom. The molecule has 0 aliphatic carbocycles. The van der Waals surface area contributed by atoms with Crippen molar-refractivity contribution in [1.29, 1.82) is 0 Å². The summed E-state index contributed by atoms with van der Waals surface area (Å²) in [5.41, 5.74) is 2.25. The number of carbonyl (C=O) groups is 1. The Hall–Kier alpha value is -0.860. The molecule has 0 bridgehead atoms. The molecule has 1 aromatic rings. The Morgan fingerprint density at radius 2 is 1.82 bits per heavy atom. The SMILES string of the molecule is CCCCN(C)Cc1ccc(CC(=O)Cl)cc1. The molecule has 0 saturated heterocycles. The average Bonchev–Trinajstić information content (AvgIpc) is 2.28. The van der Waals surface area contributed by atoms with Gasteiger partial charge in [0, 0.05) is 13.0 Å². The van der Waals surface area contributed by atoms with Crippen LogP contribution in [0.1, 0.15) is 30.9 Å². The molecule has 1 aromatic carbocycles. The Balaban J connectivity index is 2.47. The van der Waals surface area contributed by atoms with Crippen molar-refractivity contribution in [2.75, 3.05) is 13.6 Å². The van der Waals surface area contributed by atoms with Gasteiger partial charge in [-0.05, 0) is 42.7 Å². The highest BCUT2D eigenvalue weighted by atomic mass is 35.5. The van der Waals surface area contributed by atoms with Crippen molar-refractivity contribution in [1.82, 2.24) is 4.90 Å². The third-order valence-corrected chi connectivity index (χ3v) is 2.85. The second kappa shape index (κ2) is 7.46. The molecular weight excluding hydrogens is 234 g/mol. The lowest BCUT2D eigenvalue weighted by Gasteiger charge is -2.16. The predicted molar refractivity (Wildman–Crippen MR) is 72.2 cm³/mol. The van der Waals surface area contributed by atoms with E-state index in [1.165, 1.54) is 18.4 Å². The number of rotatable bonds is 7. The molecular formula is C14H20ClNO. The van der Waals surface area contributed by atoms with E-state index in [4.69, 9.17) is 11.6 Å². The zero-order chi connectivity index (χ0) is 12.7. The van der Waals surface area contributed by atoms with Gasteiger partial charge in [0.15, 0.2) is 0 Å². The number of hydrogen-bond donors (Lipinski definition) is 0. The molecule has 0 saturated carbocycles. The number of carbonyl (C=O) groups excluding carboxylic acids is 1. The van der Waals surface area contributed by atoms with Crippen LogP contribution in [-0.2, 0) is 17.8 Å². The molecule has 17 heavy (non-hydrogen) atoms. The molecule has 0 aliphatic heterocycles. The Labute approximate surface area is 109 Å². The number of hydrogen-bond acceptors (Lipinski definition) is 2. The molecule has 0 atom stereocenters. The Morgan fingerprint density at radius 1 is 1.24 bits per heavy atom. The van der Waals surface area contributed by atoms with Crippen molar-refractivity contribution in [2.24, 2.45) is 0 Å². The van der Waals surface area contributed by atoms with Crippen LogP contribution in [0.25, 0.3) is 0 Å². The number of unbranched alkanes of at least 4 members (excludes halogenated alkanes) is 1. The highest BCUT2D eigenvalue weighted by molar-refractivity contribution is 6.63. The van der Waals surface area contributed by atoms with Crippen LogP contribution in [0.3, 0.4) is 0 Å². The van der Waals surface area contributed by atoms with Gasteiger partial charge in [0.2, 0.25) is 5.24 Å². The fraction of sp³-hybridized carbons (Fsp3) is 0.500. The zero-order valence-corrected chi connectivity index (χ0v) is 11.3. The molecule has 0 aromatic heterocycles. The zero-order valence-electron chi connectivity index (χ0n) is 10.6. The number of nitrogens with zero attached hydrogens (tertiary/aromatic N) is 1. The molecule has 0 unspecified atom stereocenters. The summed E-state index contributed by atoms with van der Waals surface area (Å²) in [6, 6.07) is 8.09. The predicted octanol–water partition coefficient (Wildman–Crippen LogP) is 3.23. The molecule has 0 fully saturated rings. The lowest BCUT2D eigenvalue weighted by atomic mass is 10.1. The maximum atomic E-state index is 10.8. The summed E-state index contributed by atoms with van der Waals surface area (Å²) in [5.74, 6) is 0. The van der Waals surface area contributed by atoms with E-state index in [0.717, 1.165) is 18.7 Å². The first-order valence-electron chi connectivity index (χ1n) is 6.06. The van der Waals surface area contributed by atoms with Gasteiger partial charge in [-0.25, -0.2) is 0 Å². The summed E-state index contributed by atoms with van der Waals surface area (Å²) in [6.45, 7) is 4.28. The highest BCUT2D eigenvalue weighted by Crippen LogP contribution is 2.09. The van der Waals surface area contributed by atoms with E-state index in [-0.39, 0.29) is 5.24 Å².